The summed E-state index contributed by atoms with van der Waals surface area (Å²) in [6, 6.07) is 10.6. The molecule has 0 aliphatic rings. The molecule has 8 nitrogen and oxygen atoms in total. The van der Waals surface area contributed by atoms with Gasteiger partial charge in [0.2, 0.25) is 11.9 Å². The van der Waals surface area contributed by atoms with Crippen molar-refractivity contribution >= 4 is 58.3 Å². The lowest BCUT2D eigenvalue weighted by molar-refractivity contribution is -0.139. The summed E-state index contributed by atoms with van der Waals surface area (Å²) < 4.78 is 53.1. The maximum atomic E-state index is 13.7. The lowest BCUT2D eigenvalue weighted by atomic mass is 10.2. The SMILES string of the molecule is Fc1ccc(Nc2nc(N=NCc3cc(Cl)cc(Cl)c3)nc(NCc3ccc(Cl)nc3)n2)cc1C(F)(F)F. The Morgan fingerprint density at radius 3 is 2.26 bits per heavy atom. The van der Waals surface area contributed by atoms with E-state index < -0.39 is 17.6 Å². The Hall–Kier alpha value is -3.61. The summed E-state index contributed by atoms with van der Waals surface area (Å²) >= 11 is 17.8. The standard InChI is InChI=1S/C23H15Cl3F4N8/c24-14-5-13(6-15(25)7-14)11-33-38-22-36-20(32-10-12-1-4-19(26)31-9-12)35-21(37-22)34-16-2-3-18(27)17(8-16)23(28,29)30/h1-9H,10-11H2,(H2,32,34,35,36,37). The fourth-order valence-corrected chi connectivity index (χ4v) is 3.75. The van der Waals surface area contributed by atoms with Gasteiger partial charge in [-0.15, -0.1) is 5.11 Å². The Labute approximate surface area is 228 Å². The minimum atomic E-state index is -4.89. The Balaban J connectivity index is 1.60. The highest BCUT2D eigenvalue weighted by Gasteiger charge is 2.34. The van der Waals surface area contributed by atoms with E-state index in [1.807, 2.05) is 0 Å². The van der Waals surface area contributed by atoms with Crippen molar-refractivity contribution in [2.45, 2.75) is 19.3 Å². The number of azo groups is 1. The van der Waals surface area contributed by atoms with Gasteiger partial charge in [-0.05, 0) is 53.6 Å². The minimum absolute atomic E-state index is 0.0374. The van der Waals surface area contributed by atoms with Gasteiger partial charge in [-0.1, -0.05) is 40.9 Å². The van der Waals surface area contributed by atoms with Crippen LogP contribution in [0.1, 0.15) is 16.7 Å². The number of halogens is 7. The first-order valence-electron chi connectivity index (χ1n) is 10.6. The van der Waals surface area contributed by atoms with Crippen LogP contribution >= 0.6 is 34.8 Å². The minimum Gasteiger partial charge on any atom is -0.350 e. The van der Waals surface area contributed by atoms with Gasteiger partial charge < -0.3 is 10.6 Å². The lowest BCUT2D eigenvalue weighted by Gasteiger charge is -2.12. The number of aromatic nitrogens is 4. The van der Waals surface area contributed by atoms with Crippen molar-refractivity contribution in [2.75, 3.05) is 10.6 Å². The Morgan fingerprint density at radius 2 is 1.58 bits per heavy atom. The van der Waals surface area contributed by atoms with Crippen molar-refractivity contribution in [3.05, 3.63) is 92.4 Å². The van der Waals surface area contributed by atoms with E-state index in [4.69, 9.17) is 34.8 Å². The molecule has 2 heterocycles. The molecule has 196 valence electrons. The van der Waals surface area contributed by atoms with Gasteiger partial charge in [-0.25, -0.2) is 9.37 Å². The molecule has 2 aromatic heterocycles. The zero-order valence-electron chi connectivity index (χ0n) is 18.9. The van der Waals surface area contributed by atoms with Crippen LogP contribution in [0.15, 0.2) is 65.0 Å². The van der Waals surface area contributed by atoms with E-state index in [9.17, 15) is 17.6 Å². The maximum Gasteiger partial charge on any atom is 0.419 e. The highest BCUT2D eigenvalue weighted by Crippen LogP contribution is 2.33. The van der Waals surface area contributed by atoms with Crippen molar-refractivity contribution in [1.29, 1.82) is 0 Å². The third kappa shape index (κ3) is 7.70. The second-order valence-corrected chi connectivity index (χ2v) is 8.88. The average molecular weight is 586 g/mol. The summed E-state index contributed by atoms with van der Waals surface area (Å²) in [6.07, 6.45) is -3.34. The Bertz CT molecular complexity index is 1450. The molecule has 0 spiro atoms. The molecule has 2 aromatic carbocycles. The van der Waals surface area contributed by atoms with Gasteiger partial charge in [0, 0.05) is 28.5 Å². The smallest absolute Gasteiger partial charge is 0.350 e. The third-order valence-corrected chi connectivity index (χ3v) is 5.39. The fraction of sp³-hybridized carbons (Fsp3) is 0.130. The van der Waals surface area contributed by atoms with Gasteiger partial charge in [-0.3, -0.25) is 0 Å². The van der Waals surface area contributed by atoms with Crippen molar-refractivity contribution in [3.63, 3.8) is 0 Å². The number of pyridine rings is 1. The first-order valence-corrected chi connectivity index (χ1v) is 11.8. The van der Waals surface area contributed by atoms with Gasteiger partial charge in [0.15, 0.2) is 0 Å². The number of anilines is 3. The predicted molar refractivity (Wildman–Crippen MR) is 136 cm³/mol. The van der Waals surface area contributed by atoms with Crippen LogP contribution in [0.4, 0.5) is 41.1 Å². The molecule has 0 atom stereocenters. The molecule has 0 aliphatic heterocycles. The molecule has 2 N–H and O–H groups in total. The Kier molecular flexibility index (Phi) is 8.55. The highest BCUT2D eigenvalue weighted by molar-refractivity contribution is 6.34. The molecule has 15 heteroatoms. The molecule has 0 aliphatic carbocycles. The number of nitrogens with zero attached hydrogens (tertiary/aromatic N) is 6. The van der Waals surface area contributed by atoms with E-state index in [1.165, 1.54) is 0 Å². The van der Waals surface area contributed by atoms with Crippen LogP contribution in [-0.4, -0.2) is 19.9 Å². The fourth-order valence-electron chi connectivity index (χ4n) is 3.07. The largest absolute Gasteiger partial charge is 0.419 e. The molecule has 0 unspecified atom stereocenters. The van der Waals surface area contributed by atoms with Crippen LogP contribution in [0.3, 0.4) is 0 Å². The van der Waals surface area contributed by atoms with Crippen molar-refractivity contribution in [2.24, 2.45) is 10.2 Å². The molecule has 0 amide bonds. The summed E-state index contributed by atoms with van der Waals surface area (Å²) in [5, 5.41) is 14.8. The van der Waals surface area contributed by atoms with E-state index in [2.05, 4.69) is 40.8 Å². The van der Waals surface area contributed by atoms with E-state index in [0.29, 0.717) is 32.9 Å². The molecular weight excluding hydrogens is 571 g/mol. The summed E-state index contributed by atoms with van der Waals surface area (Å²) in [5.74, 6) is -1.68. The second kappa shape index (κ2) is 11.8. The predicted octanol–water partition coefficient (Wildman–Crippen LogP) is 8.02. The van der Waals surface area contributed by atoms with Crippen LogP contribution in [-0.2, 0) is 19.3 Å². The third-order valence-electron chi connectivity index (χ3n) is 4.73. The maximum absolute atomic E-state index is 13.7. The number of nitrogens with one attached hydrogen (secondary N) is 2. The van der Waals surface area contributed by atoms with Crippen molar-refractivity contribution in [1.82, 2.24) is 19.9 Å². The molecule has 38 heavy (non-hydrogen) atoms. The first kappa shape index (κ1) is 27.4. The van der Waals surface area contributed by atoms with Gasteiger partial charge in [0.1, 0.15) is 11.0 Å². The number of alkyl halides is 3. The zero-order valence-corrected chi connectivity index (χ0v) is 21.2. The summed E-state index contributed by atoms with van der Waals surface area (Å²) in [5.41, 5.74) is -0.114. The van der Waals surface area contributed by atoms with Crippen molar-refractivity contribution in [3.8, 4) is 0 Å². The first-order chi connectivity index (χ1) is 18.0. The molecule has 0 bridgehead atoms. The summed E-state index contributed by atoms with van der Waals surface area (Å²) in [4.78, 5) is 16.4. The lowest BCUT2D eigenvalue weighted by Crippen LogP contribution is -2.10. The number of hydrogen-bond donors (Lipinski definition) is 2. The molecule has 0 saturated heterocycles. The molecule has 0 radical (unpaired) electrons. The molecular formula is C23H15Cl3F4N8. The van der Waals surface area contributed by atoms with Crippen LogP contribution < -0.4 is 10.6 Å². The average Bonchev–Trinajstić information content (AvgIpc) is 2.83. The topological polar surface area (TPSA) is 100 Å². The normalized spacial score (nSPS) is 11.7. The van der Waals surface area contributed by atoms with Gasteiger partial charge in [-0.2, -0.15) is 33.2 Å². The quantitative estimate of drug-likeness (QED) is 0.123. The van der Waals surface area contributed by atoms with E-state index >= 15 is 0 Å². The number of hydrogen-bond acceptors (Lipinski definition) is 8. The van der Waals surface area contributed by atoms with Crippen LogP contribution in [0.2, 0.25) is 15.2 Å². The summed E-state index contributed by atoms with van der Waals surface area (Å²) in [6.45, 7) is 0.334. The van der Waals surface area contributed by atoms with Crippen LogP contribution in [0, 0.1) is 5.82 Å². The van der Waals surface area contributed by atoms with Crippen LogP contribution in [0.25, 0.3) is 0 Å². The highest BCUT2D eigenvalue weighted by atomic mass is 35.5. The zero-order chi connectivity index (χ0) is 27.3. The van der Waals surface area contributed by atoms with Gasteiger partial charge in [0.05, 0.1) is 12.1 Å². The Morgan fingerprint density at radius 1 is 0.842 bits per heavy atom. The second-order valence-electron chi connectivity index (χ2n) is 7.62. The summed E-state index contributed by atoms with van der Waals surface area (Å²) in [7, 11) is 0. The van der Waals surface area contributed by atoms with E-state index in [-0.39, 0.29) is 36.6 Å². The molecule has 4 aromatic rings. The van der Waals surface area contributed by atoms with E-state index in [1.54, 1.807) is 36.5 Å². The molecule has 0 fully saturated rings. The molecule has 4 rings (SSSR count). The van der Waals surface area contributed by atoms with Gasteiger partial charge >= 0.3 is 6.18 Å². The number of benzene rings is 2. The molecule has 0 saturated carbocycles. The van der Waals surface area contributed by atoms with Crippen molar-refractivity contribution < 1.29 is 17.6 Å². The van der Waals surface area contributed by atoms with E-state index in [0.717, 1.165) is 11.6 Å². The van der Waals surface area contributed by atoms with Crippen LogP contribution in [0.5, 0.6) is 0 Å². The number of rotatable bonds is 8. The monoisotopic (exact) mass is 584 g/mol. The van der Waals surface area contributed by atoms with Gasteiger partial charge in [0.25, 0.3) is 5.95 Å².